The Balaban J connectivity index is 1.86. The van der Waals surface area contributed by atoms with Crippen LogP contribution < -0.4 is 4.90 Å². The topological polar surface area (TPSA) is 43.7 Å². The van der Waals surface area contributed by atoms with Crippen LogP contribution in [0.5, 0.6) is 0 Å². The minimum absolute atomic E-state index is 0.120. The Kier molecular flexibility index (Phi) is 3.76. The molecule has 1 aromatic carbocycles. The van der Waals surface area contributed by atoms with Crippen LogP contribution in [0.25, 0.3) is 0 Å². The van der Waals surface area contributed by atoms with Crippen LogP contribution in [0, 0.1) is 5.92 Å². The molecule has 0 amide bonds. The van der Waals surface area contributed by atoms with E-state index in [1.54, 1.807) is 0 Å². The first-order valence-corrected chi connectivity index (χ1v) is 6.62. The van der Waals surface area contributed by atoms with Gasteiger partial charge in [0.2, 0.25) is 0 Å². The molecular weight excluding hydrogens is 282 g/mol. The summed E-state index contributed by atoms with van der Waals surface area (Å²) < 4.78 is 1.08. The molecule has 4 heteroatoms. The molecule has 0 aliphatic heterocycles. The zero-order valence-electron chi connectivity index (χ0n) is 9.93. The maximum atomic E-state index is 9.73. The quantitative estimate of drug-likeness (QED) is 0.894. The van der Waals surface area contributed by atoms with Crippen molar-refractivity contribution in [2.24, 2.45) is 5.92 Å². The highest BCUT2D eigenvalue weighted by Gasteiger charge is 2.42. The summed E-state index contributed by atoms with van der Waals surface area (Å²) in [5, 5.41) is 18.7. The third-order valence-corrected chi connectivity index (χ3v) is 3.96. The van der Waals surface area contributed by atoms with Crippen LogP contribution in [0.1, 0.15) is 12.8 Å². The van der Waals surface area contributed by atoms with Gasteiger partial charge in [0.25, 0.3) is 0 Å². The molecule has 1 fully saturated rings. The van der Waals surface area contributed by atoms with E-state index >= 15 is 0 Å². The van der Waals surface area contributed by atoms with Gasteiger partial charge < -0.3 is 15.1 Å². The number of anilines is 1. The van der Waals surface area contributed by atoms with Crippen LogP contribution in [-0.2, 0) is 0 Å². The van der Waals surface area contributed by atoms with E-state index in [2.05, 4.69) is 40.0 Å². The first-order valence-electron chi connectivity index (χ1n) is 5.82. The average molecular weight is 300 g/mol. The lowest BCUT2D eigenvalue weighted by atomic mass is 9.71. The Morgan fingerprint density at radius 2 is 1.94 bits per heavy atom. The molecule has 0 radical (unpaired) electrons. The summed E-state index contributed by atoms with van der Waals surface area (Å²) in [6.07, 6.45) is 1.40. The number of hydrogen-bond donors (Lipinski definition) is 2. The predicted octanol–water partition coefficient (Wildman–Crippen LogP) is 2.02. The van der Waals surface area contributed by atoms with Crippen molar-refractivity contribution in [3.8, 4) is 0 Å². The van der Waals surface area contributed by atoms with Crippen molar-refractivity contribution >= 4 is 21.6 Å². The van der Waals surface area contributed by atoms with E-state index < -0.39 is 5.60 Å². The van der Waals surface area contributed by atoms with E-state index in [9.17, 15) is 5.11 Å². The third kappa shape index (κ3) is 3.00. The van der Waals surface area contributed by atoms with Crippen LogP contribution in [0.2, 0.25) is 0 Å². The number of halogens is 1. The van der Waals surface area contributed by atoms with Gasteiger partial charge in [-0.05, 0) is 43.0 Å². The van der Waals surface area contributed by atoms with E-state index in [1.165, 1.54) is 5.69 Å². The summed E-state index contributed by atoms with van der Waals surface area (Å²) in [6, 6.07) is 8.19. The van der Waals surface area contributed by atoms with Gasteiger partial charge >= 0.3 is 0 Å². The van der Waals surface area contributed by atoms with Crippen LogP contribution in [-0.4, -0.2) is 36.0 Å². The molecule has 1 aliphatic carbocycles. The van der Waals surface area contributed by atoms with Crippen molar-refractivity contribution in [1.82, 2.24) is 0 Å². The molecule has 0 bridgehead atoms. The summed E-state index contributed by atoms with van der Waals surface area (Å²) in [4.78, 5) is 2.19. The Labute approximate surface area is 110 Å². The highest BCUT2D eigenvalue weighted by Crippen LogP contribution is 2.38. The van der Waals surface area contributed by atoms with Gasteiger partial charge in [0.15, 0.2) is 0 Å². The van der Waals surface area contributed by atoms with E-state index in [-0.39, 0.29) is 6.61 Å². The maximum absolute atomic E-state index is 9.73. The second kappa shape index (κ2) is 4.96. The summed E-state index contributed by atoms with van der Waals surface area (Å²) >= 11 is 3.42. The molecule has 2 N–H and O–H groups in total. The molecule has 1 saturated carbocycles. The molecule has 0 spiro atoms. The molecular formula is C13H18BrNO2. The predicted molar refractivity (Wildman–Crippen MR) is 72.2 cm³/mol. The van der Waals surface area contributed by atoms with Crippen LogP contribution >= 0.6 is 15.9 Å². The minimum atomic E-state index is -0.814. The number of benzene rings is 1. The Morgan fingerprint density at radius 1 is 1.35 bits per heavy atom. The van der Waals surface area contributed by atoms with Crippen LogP contribution in [0.4, 0.5) is 5.69 Å². The van der Waals surface area contributed by atoms with Crippen LogP contribution in [0.15, 0.2) is 28.7 Å². The summed E-state index contributed by atoms with van der Waals surface area (Å²) in [7, 11) is 2.06. The Morgan fingerprint density at radius 3 is 2.47 bits per heavy atom. The highest BCUT2D eigenvalue weighted by molar-refractivity contribution is 9.10. The normalized spacial score (nSPS) is 27.6. The first-order chi connectivity index (χ1) is 8.02. The lowest BCUT2D eigenvalue weighted by Crippen LogP contribution is -2.50. The molecule has 0 unspecified atom stereocenters. The van der Waals surface area contributed by atoms with Crippen LogP contribution in [0.3, 0.4) is 0 Å². The van der Waals surface area contributed by atoms with Gasteiger partial charge in [0.05, 0.1) is 12.2 Å². The largest absolute Gasteiger partial charge is 0.393 e. The number of aliphatic hydroxyl groups excluding tert-OH is 1. The lowest BCUT2D eigenvalue weighted by Gasteiger charge is -2.44. The summed E-state index contributed by atoms with van der Waals surface area (Å²) in [6.45, 7) is 0.801. The second-order valence-corrected chi connectivity index (χ2v) is 5.93. The highest BCUT2D eigenvalue weighted by atomic mass is 79.9. The van der Waals surface area contributed by atoms with E-state index in [1.807, 2.05) is 12.1 Å². The molecule has 2 rings (SSSR count). The summed E-state index contributed by atoms with van der Waals surface area (Å²) in [5.74, 6) is 0.473. The van der Waals surface area contributed by atoms with Crippen molar-refractivity contribution in [2.75, 3.05) is 25.1 Å². The van der Waals surface area contributed by atoms with E-state index in [0.29, 0.717) is 18.8 Å². The molecule has 17 heavy (non-hydrogen) atoms. The number of hydrogen-bond acceptors (Lipinski definition) is 3. The molecule has 0 heterocycles. The monoisotopic (exact) mass is 299 g/mol. The molecule has 0 saturated heterocycles. The number of nitrogens with zero attached hydrogens (tertiary/aromatic N) is 1. The standard InChI is InChI=1S/C13H18BrNO2/c1-15(12-4-2-11(14)3-5-12)8-10-6-13(17,7-10)9-16/h2-5,10,16-17H,6-9H2,1H3. The van der Waals surface area contributed by atoms with Crippen molar-refractivity contribution in [3.63, 3.8) is 0 Å². The fraction of sp³-hybridized carbons (Fsp3) is 0.538. The lowest BCUT2D eigenvalue weighted by molar-refractivity contribution is -0.104. The van der Waals surface area contributed by atoms with Gasteiger partial charge in [-0.25, -0.2) is 0 Å². The van der Waals surface area contributed by atoms with Crippen molar-refractivity contribution in [1.29, 1.82) is 0 Å². The van der Waals surface area contributed by atoms with Gasteiger partial charge in [-0.2, -0.15) is 0 Å². The third-order valence-electron chi connectivity index (χ3n) is 3.43. The van der Waals surface area contributed by atoms with E-state index in [0.717, 1.165) is 11.0 Å². The Bertz CT molecular complexity index is 374. The first kappa shape index (κ1) is 12.9. The second-order valence-electron chi connectivity index (χ2n) is 5.01. The average Bonchev–Trinajstić information content (AvgIpc) is 2.27. The molecule has 3 nitrogen and oxygen atoms in total. The van der Waals surface area contributed by atoms with Crippen molar-refractivity contribution in [3.05, 3.63) is 28.7 Å². The maximum Gasteiger partial charge on any atom is 0.0884 e. The summed E-state index contributed by atoms with van der Waals surface area (Å²) in [5.41, 5.74) is 0.359. The fourth-order valence-electron chi connectivity index (χ4n) is 2.46. The van der Waals surface area contributed by atoms with Crippen molar-refractivity contribution < 1.29 is 10.2 Å². The smallest absolute Gasteiger partial charge is 0.0884 e. The molecule has 0 atom stereocenters. The molecule has 1 aliphatic rings. The van der Waals surface area contributed by atoms with Gasteiger partial charge in [-0.3, -0.25) is 0 Å². The molecule has 1 aromatic rings. The number of rotatable bonds is 4. The van der Waals surface area contributed by atoms with Gasteiger partial charge in [0.1, 0.15) is 0 Å². The fourth-order valence-corrected chi connectivity index (χ4v) is 2.73. The zero-order chi connectivity index (χ0) is 12.5. The Hall–Kier alpha value is -0.580. The minimum Gasteiger partial charge on any atom is -0.393 e. The van der Waals surface area contributed by atoms with Gasteiger partial charge in [0, 0.05) is 23.8 Å². The van der Waals surface area contributed by atoms with Crippen molar-refractivity contribution in [2.45, 2.75) is 18.4 Å². The zero-order valence-corrected chi connectivity index (χ0v) is 11.5. The molecule has 94 valence electrons. The van der Waals surface area contributed by atoms with E-state index in [4.69, 9.17) is 5.11 Å². The number of aliphatic hydroxyl groups is 2. The van der Waals surface area contributed by atoms with Gasteiger partial charge in [-0.15, -0.1) is 0 Å². The van der Waals surface area contributed by atoms with Gasteiger partial charge in [-0.1, -0.05) is 15.9 Å². The SMILES string of the molecule is CN(CC1CC(O)(CO)C1)c1ccc(Br)cc1. The molecule has 0 aromatic heterocycles.